The highest BCUT2D eigenvalue weighted by Crippen LogP contribution is 2.25. The van der Waals surface area contributed by atoms with E-state index in [1.165, 1.54) is 24.5 Å². The van der Waals surface area contributed by atoms with Crippen LogP contribution >= 0.6 is 0 Å². The number of benzene rings is 1. The second kappa shape index (κ2) is 8.43. The summed E-state index contributed by atoms with van der Waals surface area (Å²) in [5.74, 6) is 0.495. The van der Waals surface area contributed by atoms with E-state index < -0.39 is 6.55 Å². The maximum absolute atomic E-state index is 13.2. The van der Waals surface area contributed by atoms with E-state index >= 15 is 0 Å². The molecule has 3 rings (SSSR count). The van der Waals surface area contributed by atoms with E-state index in [1.54, 1.807) is 19.2 Å². The van der Waals surface area contributed by atoms with Crippen molar-refractivity contribution >= 4 is 5.96 Å². The van der Waals surface area contributed by atoms with Crippen LogP contribution in [-0.2, 0) is 11.3 Å². The monoisotopic (exact) mass is 381 g/mol. The first kappa shape index (κ1) is 19.2. The molecule has 1 aromatic heterocycles. The van der Waals surface area contributed by atoms with Crippen LogP contribution in [0.15, 0.2) is 41.7 Å². The Morgan fingerprint density at radius 2 is 2.07 bits per heavy atom. The number of aliphatic imine (C=N–C) groups is 1. The third kappa shape index (κ3) is 4.60. The summed E-state index contributed by atoms with van der Waals surface area (Å²) in [6, 6.07) is 6.21. The lowest BCUT2D eigenvalue weighted by molar-refractivity contribution is -0.0605. The highest BCUT2D eigenvalue weighted by atomic mass is 19.3. The Labute approximate surface area is 155 Å². The van der Waals surface area contributed by atoms with Crippen LogP contribution in [0.3, 0.4) is 0 Å². The fraction of sp³-hybridized carbons (Fsp3) is 0.444. The zero-order valence-electron chi connectivity index (χ0n) is 15.1. The zero-order valence-corrected chi connectivity index (χ0v) is 15.1. The van der Waals surface area contributed by atoms with Gasteiger partial charge in [0.25, 0.3) is 0 Å². The molecular weight excluding hydrogens is 359 g/mol. The number of ether oxygens (including phenoxy) is 1. The normalized spacial score (nSPS) is 21.0. The summed E-state index contributed by atoms with van der Waals surface area (Å²) in [7, 11) is 1.63. The number of imidazole rings is 1. The molecule has 0 spiro atoms. The molecule has 2 atom stereocenters. The Hall–Kier alpha value is -2.55. The summed E-state index contributed by atoms with van der Waals surface area (Å²) >= 11 is 0. The molecule has 9 heteroatoms. The van der Waals surface area contributed by atoms with Crippen molar-refractivity contribution in [3.05, 3.63) is 53.9 Å². The molecule has 2 heterocycles. The molecule has 1 aliphatic rings. The standard InChI is InChI=1S/C18H22F3N5O/c1-12-10-25(11-15(27-12)13-3-5-14(19)6-4-13)18(22-2)24-9-16-23-7-8-26(16)17(20)21/h3-8,12,15,17H,9-11H2,1-2H3,(H,22,24). The summed E-state index contributed by atoms with van der Waals surface area (Å²) in [5, 5.41) is 3.08. The SMILES string of the molecule is CN=C(NCc1nccn1C(F)F)N1CC(C)OC(c2ccc(F)cc2)C1. The van der Waals surface area contributed by atoms with Gasteiger partial charge in [0.15, 0.2) is 5.96 Å². The van der Waals surface area contributed by atoms with Gasteiger partial charge in [0.2, 0.25) is 0 Å². The number of alkyl halides is 2. The predicted octanol–water partition coefficient (Wildman–Crippen LogP) is 2.95. The molecule has 0 aliphatic carbocycles. The van der Waals surface area contributed by atoms with Gasteiger partial charge in [-0.3, -0.25) is 9.56 Å². The average Bonchev–Trinajstić information content (AvgIpc) is 3.11. The van der Waals surface area contributed by atoms with Gasteiger partial charge >= 0.3 is 6.55 Å². The maximum atomic E-state index is 13.2. The van der Waals surface area contributed by atoms with Crippen LogP contribution in [0.25, 0.3) is 0 Å². The van der Waals surface area contributed by atoms with Crippen molar-refractivity contribution in [2.75, 3.05) is 20.1 Å². The first-order valence-corrected chi connectivity index (χ1v) is 8.64. The van der Waals surface area contributed by atoms with E-state index in [2.05, 4.69) is 15.3 Å². The molecule has 2 unspecified atom stereocenters. The van der Waals surface area contributed by atoms with Crippen molar-refractivity contribution < 1.29 is 17.9 Å². The van der Waals surface area contributed by atoms with Gasteiger partial charge in [-0.05, 0) is 24.6 Å². The molecule has 0 radical (unpaired) electrons. The highest BCUT2D eigenvalue weighted by molar-refractivity contribution is 5.80. The lowest BCUT2D eigenvalue weighted by Crippen LogP contribution is -2.50. The van der Waals surface area contributed by atoms with E-state index in [-0.39, 0.29) is 30.4 Å². The number of nitrogens with one attached hydrogen (secondary N) is 1. The minimum Gasteiger partial charge on any atom is -0.367 e. The van der Waals surface area contributed by atoms with Crippen LogP contribution in [0, 0.1) is 5.82 Å². The minimum absolute atomic E-state index is 0.0737. The van der Waals surface area contributed by atoms with Gasteiger partial charge in [0.05, 0.1) is 19.2 Å². The number of hydrogen-bond acceptors (Lipinski definition) is 3. The van der Waals surface area contributed by atoms with E-state index in [9.17, 15) is 13.2 Å². The van der Waals surface area contributed by atoms with E-state index in [1.807, 2.05) is 11.8 Å². The van der Waals surface area contributed by atoms with Crippen molar-refractivity contribution in [1.82, 2.24) is 19.8 Å². The van der Waals surface area contributed by atoms with Gasteiger partial charge < -0.3 is 15.0 Å². The molecule has 1 aromatic carbocycles. The number of rotatable bonds is 4. The lowest BCUT2D eigenvalue weighted by atomic mass is 10.1. The van der Waals surface area contributed by atoms with E-state index in [4.69, 9.17) is 4.74 Å². The number of hydrogen-bond donors (Lipinski definition) is 1. The Balaban J connectivity index is 1.68. The third-order valence-corrected chi connectivity index (χ3v) is 4.38. The highest BCUT2D eigenvalue weighted by Gasteiger charge is 2.28. The average molecular weight is 381 g/mol. The van der Waals surface area contributed by atoms with Gasteiger partial charge in [0, 0.05) is 26.0 Å². The summed E-state index contributed by atoms with van der Waals surface area (Å²) in [6.07, 6.45) is 2.27. The maximum Gasteiger partial charge on any atom is 0.319 e. The first-order chi connectivity index (χ1) is 13.0. The first-order valence-electron chi connectivity index (χ1n) is 8.64. The molecular formula is C18H22F3N5O. The summed E-state index contributed by atoms with van der Waals surface area (Å²) in [4.78, 5) is 10.2. The molecule has 146 valence electrons. The summed E-state index contributed by atoms with van der Waals surface area (Å²) in [5.41, 5.74) is 0.872. The molecule has 6 nitrogen and oxygen atoms in total. The van der Waals surface area contributed by atoms with Crippen molar-refractivity contribution in [3.63, 3.8) is 0 Å². The quantitative estimate of drug-likeness (QED) is 0.654. The van der Waals surface area contributed by atoms with Crippen LogP contribution in [0.4, 0.5) is 13.2 Å². The summed E-state index contributed by atoms with van der Waals surface area (Å²) < 4.78 is 45.9. The van der Waals surface area contributed by atoms with Crippen LogP contribution in [0.1, 0.15) is 31.0 Å². The molecule has 1 N–H and O–H groups in total. The van der Waals surface area contributed by atoms with Crippen molar-refractivity contribution in [2.45, 2.75) is 32.2 Å². The van der Waals surface area contributed by atoms with Gasteiger partial charge in [-0.1, -0.05) is 12.1 Å². The number of guanidine groups is 1. The molecule has 1 aliphatic heterocycles. The largest absolute Gasteiger partial charge is 0.367 e. The Bertz CT molecular complexity index is 778. The molecule has 1 saturated heterocycles. The molecule has 1 fully saturated rings. The molecule has 0 saturated carbocycles. The van der Waals surface area contributed by atoms with Crippen molar-refractivity contribution in [2.24, 2.45) is 4.99 Å². The van der Waals surface area contributed by atoms with Gasteiger partial charge in [-0.2, -0.15) is 8.78 Å². The smallest absolute Gasteiger partial charge is 0.319 e. The van der Waals surface area contributed by atoms with E-state index in [0.29, 0.717) is 19.0 Å². The molecule has 27 heavy (non-hydrogen) atoms. The number of nitrogens with zero attached hydrogens (tertiary/aromatic N) is 4. The number of morpholine rings is 1. The van der Waals surface area contributed by atoms with Gasteiger partial charge in [-0.25, -0.2) is 9.37 Å². The van der Waals surface area contributed by atoms with Crippen LogP contribution in [0.2, 0.25) is 0 Å². The van der Waals surface area contributed by atoms with Crippen molar-refractivity contribution in [3.8, 4) is 0 Å². The molecule has 2 aromatic rings. The van der Waals surface area contributed by atoms with Crippen LogP contribution < -0.4 is 5.32 Å². The van der Waals surface area contributed by atoms with E-state index in [0.717, 1.165) is 10.1 Å². The lowest BCUT2D eigenvalue weighted by Gasteiger charge is -2.38. The van der Waals surface area contributed by atoms with Gasteiger partial charge in [0.1, 0.15) is 17.7 Å². The second-order valence-electron chi connectivity index (χ2n) is 6.32. The summed E-state index contributed by atoms with van der Waals surface area (Å²) in [6.45, 7) is 0.535. The number of halogens is 3. The topological polar surface area (TPSA) is 54.7 Å². The fourth-order valence-electron chi connectivity index (χ4n) is 3.13. The predicted molar refractivity (Wildman–Crippen MR) is 94.9 cm³/mol. The Morgan fingerprint density at radius 3 is 2.74 bits per heavy atom. The minimum atomic E-state index is -2.64. The zero-order chi connectivity index (χ0) is 19.4. The van der Waals surface area contributed by atoms with Crippen LogP contribution in [-0.4, -0.2) is 46.7 Å². The third-order valence-electron chi connectivity index (χ3n) is 4.38. The fourth-order valence-corrected chi connectivity index (χ4v) is 3.13. The second-order valence-corrected chi connectivity index (χ2v) is 6.32. The Morgan fingerprint density at radius 1 is 1.33 bits per heavy atom. The van der Waals surface area contributed by atoms with Crippen molar-refractivity contribution in [1.29, 1.82) is 0 Å². The number of aromatic nitrogens is 2. The molecule has 0 bridgehead atoms. The Kier molecular flexibility index (Phi) is 6.00. The van der Waals surface area contributed by atoms with Gasteiger partial charge in [-0.15, -0.1) is 0 Å². The van der Waals surface area contributed by atoms with Crippen LogP contribution in [0.5, 0.6) is 0 Å². The molecule has 0 amide bonds.